The van der Waals surface area contributed by atoms with E-state index in [-0.39, 0.29) is 12.5 Å². The van der Waals surface area contributed by atoms with Crippen molar-refractivity contribution in [2.45, 2.75) is 13.8 Å². The molecule has 0 bridgehead atoms. The molecule has 0 spiro atoms. The van der Waals surface area contributed by atoms with Gasteiger partial charge in [0.05, 0.1) is 0 Å². The quantitative estimate of drug-likeness (QED) is 0.678. The van der Waals surface area contributed by atoms with Gasteiger partial charge in [0.1, 0.15) is 0 Å². The zero-order chi connectivity index (χ0) is 15.9. The number of anilines is 1. The number of carbonyl (C=O) groups excluding carboxylic acids is 2. The van der Waals surface area contributed by atoms with Crippen LogP contribution in [0.3, 0.4) is 0 Å². The number of para-hydroxylation sites is 1. The van der Waals surface area contributed by atoms with Crippen LogP contribution in [0.1, 0.15) is 16.0 Å². The average Bonchev–Trinajstić information content (AvgIpc) is 2.91. The van der Waals surface area contributed by atoms with Crippen molar-refractivity contribution >= 4 is 35.0 Å². The summed E-state index contributed by atoms with van der Waals surface area (Å²) in [5.41, 5.74) is 2.77. The van der Waals surface area contributed by atoms with Gasteiger partial charge in [-0.05, 0) is 48.6 Å². The zero-order valence-electron chi connectivity index (χ0n) is 12.5. The Morgan fingerprint density at radius 3 is 2.64 bits per heavy atom. The Morgan fingerprint density at radius 2 is 1.95 bits per heavy atom. The molecule has 5 heteroatoms. The Balaban J connectivity index is 1.81. The molecule has 0 unspecified atom stereocenters. The van der Waals surface area contributed by atoms with Crippen LogP contribution < -0.4 is 5.32 Å². The third-order valence-corrected chi connectivity index (χ3v) is 4.02. The second-order valence-corrected chi connectivity index (χ2v) is 5.72. The van der Waals surface area contributed by atoms with Crippen molar-refractivity contribution in [3.05, 3.63) is 57.8 Å². The number of benzene rings is 1. The van der Waals surface area contributed by atoms with E-state index in [4.69, 9.17) is 4.74 Å². The number of nitrogens with one attached hydrogen (secondary N) is 1. The zero-order valence-corrected chi connectivity index (χ0v) is 13.3. The average molecular weight is 315 g/mol. The maximum Gasteiger partial charge on any atom is 0.331 e. The number of hydrogen-bond acceptors (Lipinski definition) is 4. The molecule has 1 aromatic carbocycles. The van der Waals surface area contributed by atoms with Crippen LogP contribution in [0, 0.1) is 13.8 Å². The van der Waals surface area contributed by atoms with Crippen LogP contribution in [0.5, 0.6) is 0 Å². The van der Waals surface area contributed by atoms with Gasteiger partial charge in [0.25, 0.3) is 5.91 Å². The second kappa shape index (κ2) is 7.56. The van der Waals surface area contributed by atoms with Crippen molar-refractivity contribution in [2.75, 3.05) is 11.9 Å². The molecule has 0 aliphatic carbocycles. The molecule has 22 heavy (non-hydrogen) atoms. The Bertz CT molecular complexity index is 703. The van der Waals surface area contributed by atoms with Gasteiger partial charge in [0.2, 0.25) is 0 Å². The number of ether oxygens (including phenoxy) is 1. The van der Waals surface area contributed by atoms with E-state index in [0.29, 0.717) is 5.69 Å². The predicted octanol–water partition coefficient (Wildman–Crippen LogP) is 3.56. The molecule has 1 N–H and O–H groups in total. The summed E-state index contributed by atoms with van der Waals surface area (Å²) in [5.74, 6) is -0.893. The van der Waals surface area contributed by atoms with Crippen molar-refractivity contribution in [3.8, 4) is 0 Å². The SMILES string of the molecule is Cc1ccccc1NC(=O)COC(=O)/C=C/c1sccc1C. The highest BCUT2D eigenvalue weighted by molar-refractivity contribution is 7.11. The lowest BCUT2D eigenvalue weighted by atomic mass is 10.2. The highest BCUT2D eigenvalue weighted by Crippen LogP contribution is 2.17. The molecule has 1 aromatic heterocycles. The topological polar surface area (TPSA) is 55.4 Å². The van der Waals surface area contributed by atoms with Gasteiger partial charge in [-0.15, -0.1) is 11.3 Å². The van der Waals surface area contributed by atoms with Gasteiger partial charge >= 0.3 is 5.97 Å². The summed E-state index contributed by atoms with van der Waals surface area (Å²) in [6.07, 6.45) is 3.03. The van der Waals surface area contributed by atoms with Gasteiger partial charge in [0, 0.05) is 16.6 Å². The van der Waals surface area contributed by atoms with Crippen LogP contribution in [0.2, 0.25) is 0 Å². The third kappa shape index (κ3) is 4.56. The lowest BCUT2D eigenvalue weighted by molar-refractivity contribution is -0.142. The fourth-order valence-corrected chi connectivity index (χ4v) is 2.60. The van der Waals surface area contributed by atoms with Crippen molar-refractivity contribution < 1.29 is 14.3 Å². The van der Waals surface area contributed by atoms with Crippen LogP contribution in [0.4, 0.5) is 5.69 Å². The molecule has 1 amide bonds. The molecular formula is C17H17NO3S. The minimum absolute atomic E-state index is 0.305. The van der Waals surface area contributed by atoms with Gasteiger partial charge in [-0.2, -0.15) is 0 Å². The highest BCUT2D eigenvalue weighted by Gasteiger charge is 2.07. The first kappa shape index (κ1) is 16.0. The van der Waals surface area contributed by atoms with E-state index in [1.54, 1.807) is 23.5 Å². The van der Waals surface area contributed by atoms with Crippen LogP contribution in [-0.2, 0) is 14.3 Å². The van der Waals surface area contributed by atoms with E-state index < -0.39 is 5.97 Å². The van der Waals surface area contributed by atoms with Crippen molar-refractivity contribution in [3.63, 3.8) is 0 Å². The largest absolute Gasteiger partial charge is 0.452 e. The first-order valence-electron chi connectivity index (χ1n) is 6.80. The number of rotatable bonds is 5. The lowest BCUT2D eigenvalue weighted by Gasteiger charge is -2.07. The number of hydrogen-bond donors (Lipinski definition) is 1. The Hall–Kier alpha value is -2.40. The summed E-state index contributed by atoms with van der Waals surface area (Å²) in [5, 5.41) is 4.66. The van der Waals surface area contributed by atoms with E-state index in [1.807, 2.05) is 43.5 Å². The maximum atomic E-state index is 11.7. The first-order chi connectivity index (χ1) is 10.6. The lowest BCUT2D eigenvalue weighted by Crippen LogP contribution is -2.20. The molecule has 4 nitrogen and oxygen atoms in total. The standard InChI is InChI=1S/C17H17NO3S/c1-12-5-3-4-6-14(12)18-16(19)11-21-17(20)8-7-15-13(2)9-10-22-15/h3-10H,11H2,1-2H3,(H,18,19)/b8-7+. The molecule has 0 fully saturated rings. The molecule has 1 heterocycles. The molecule has 0 saturated carbocycles. The second-order valence-electron chi connectivity index (χ2n) is 4.77. The molecule has 2 rings (SSSR count). The maximum absolute atomic E-state index is 11.7. The molecule has 0 atom stereocenters. The molecule has 114 valence electrons. The fraction of sp³-hybridized carbons (Fsp3) is 0.176. The van der Waals surface area contributed by atoms with E-state index in [0.717, 1.165) is 16.0 Å². The molecule has 2 aromatic rings. The molecule has 0 radical (unpaired) electrons. The number of esters is 1. The van der Waals surface area contributed by atoms with E-state index in [1.165, 1.54) is 6.08 Å². The first-order valence-corrected chi connectivity index (χ1v) is 7.68. The normalized spacial score (nSPS) is 10.6. The van der Waals surface area contributed by atoms with Gasteiger partial charge < -0.3 is 10.1 Å². The summed E-state index contributed by atoms with van der Waals surface area (Å²) < 4.78 is 4.92. The Morgan fingerprint density at radius 1 is 1.18 bits per heavy atom. The summed E-state index contributed by atoms with van der Waals surface area (Å²) in [6, 6.07) is 9.40. The summed E-state index contributed by atoms with van der Waals surface area (Å²) in [6.45, 7) is 3.56. The number of aryl methyl sites for hydroxylation is 2. The number of amides is 1. The highest BCUT2D eigenvalue weighted by atomic mass is 32.1. The van der Waals surface area contributed by atoms with Crippen molar-refractivity contribution in [2.24, 2.45) is 0 Å². The molecule has 0 aliphatic rings. The molecule has 0 saturated heterocycles. The smallest absolute Gasteiger partial charge is 0.331 e. The van der Waals surface area contributed by atoms with Crippen LogP contribution in [-0.4, -0.2) is 18.5 Å². The fourth-order valence-electron chi connectivity index (χ4n) is 1.78. The summed E-state index contributed by atoms with van der Waals surface area (Å²) in [4.78, 5) is 24.3. The monoisotopic (exact) mass is 315 g/mol. The Labute approximate surface area is 133 Å². The molecule has 0 aliphatic heterocycles. The van der Waals surface area contributed by atoms with E-state index in [9.17, 15) is 9.59 Å². The van der Waals surface area contributed by atoms with Crippen LogP contribution in [0.25, 0.3) is 6.08 Å². The minimum atomic E-state index is -0.535. The van der Waals surface area contributed by atoms with Crippen molar-refractivity contribution in [1.29, 1.82) is 0 Å². The van der Waals surface area contributed by atoms with Gasteiger partial charge in [-0.3, -0.25) is 4.79 Å². The van der Waals surface area contributed by atoms with E-state index >= 15 is 0 Å². The Kier molecular flexibility index (Phi) is 5.49. The number of thiophene rings is 1. The number of carbonyl (C=O) groups is 2. The van der Waals surface area contributed by atoms with Gasteiger partial charge in [0.15, 0.2) is 6.61 Å². The van der Waals surface area contributed by atoms with Crippen molar-refractivity contribution in [1.82, 2.24) is 0 Å². The third-order valence-electron chi connectivity index (χ3n) is 3.04. The van der Waals surface area contributed by atoms with E-state index in [2.05, 4.69) is 5.32 Å². The van der Waals surface area contributed by atoms with Crippen LogP contribution >= 0.6 is 11.3 Å². The van der Waals surface area contributed by atoms with Gasteiger partial charge in [-0.1, -0.05) is 18.2 Å². The summed E-state index contributed by atoms with van der Waals surface area (Å²) in [7, 11) is 0. The summed E-state index contributed by atoms with van der Waals surface area (Å²) >= 11 is 1.55. The van der Waals surface area contributed by atoms with Gasteiger partial charge in [-0.25, -0.2) is 4.79 Å². The predicted molar refractivity (Wildman–Crippen MR) is 88.9 cm³/mol. The molecular weight excluding hydrogens is 298 g/mol. The minimum Gasteiger partial charge on any atom is -0.452 e. The van der Waals surface area contributed by atoms with Crippen LogP contribution in [0.15, 0.2) is 41.8 Å².